The van der Waals surface area contributed by atoms with Crippen molar-refractivity contribution in [2.45, 2.75) is 12.5 Å². The number of ether oxygens (including phenoxy) is 1. The molecule has 4 aromatic rings. The van der Waals surface area contributed by atoms with Crippen molar-refractivity contribution in [1.29, 1.82) is 0 Å². The molecule has 5 rings (SSSR count). The van der Waals surface area contributed by atoms with Crippen LogP contribution in [0.15, 0.2) is 78.9 Å². The summed E-state index contributed by atoms with van der Waals surface area (Å²) in [6, 6.07) is 23.7. The van der Waals surface area contributed by atoms with Gasteiger partial charge in [-0.15, -0.1) is 0 Å². The smallest absolute Gasteiger partial charge is 0.325 e. The molecule has 3 amide bonds. The van der Waals surface area contributed by atoms with Gasteiger partial charge in [-0.2, -0.15) is 0 Å². The van der Waals surface area contributed by atoms with Crippen LogP contribution in [0.4, 0.5) is 4.79 Å². The first kappa shape index (κ1) is 20.7. The van der Waals surface area contributed by atoms with Crippen LogP contribution in [0.5, 0.6) is 5.75 Å². The number of carbonyl (C=O) groups excluding carboxylic acids is 3. The number of fused-ring (bicyclic) bond motifs is 2. The number of rotatable bonds is 5. The van der Waals surface area contributed by atoms with Crippen LogP contribution in [0, 0.1) is 0 Å². The Labute approximate surface area is 190 Å². The number of urea groups is 1. The molecule has 0 bridgehead atoms. The zero-order valence-electron chi connectivity index (χ0n) is 18.3. The lowest BCUT2D eigenvalue weighted by Gasteiger charge is -2.22. The Morgan fingerprint density at radius 1 is 0.909 bits per heavy atom. The molecule has 6 nitrogen and oxygen atoms in total. The summed E-state index contributed by atoms with van der Waals surface area (Å²) in [6.07, 6.45) is 0. The lowest BCUT2D eigenvalue weighted by molar-refractivity contribution is -0.130. The monoisotopic (exact) mass is 438 g/mol. The van der Waals surface area contributed by atoms with E-state index in [2.05, 4.69) is 5.32 Å². The Morgan fingerprint density at radius 3 is 2.45 bits per heavy atom. The van der Waals surface area contributed by atoms with Gasteiger partial charge < -0.3 is 10.1 Å². The molecular weight excluding hydrogens is 416 g/mol. The van der Waals surface area contributed by atoms with Gasteiger partial charge in [-0.25, -0.2) is 4.79 Å². The van der Waals surface area contributed by atoms with Crippen molar-refractivity contribution >= 4 is 39.3 Å². The molecule has 1 N–H and O–H groups in total. The minimum absolute atomic E-state index is 0.287. The summed E-state index contributed by atoms with van der Waals surface area (Å²) >= 11 is 0. The maximum absolute atomic E-state index is 13.4. The van der Waals surface area contributed by atoms with Crippen LogP contribution in [0.3, 0.4) is 0 Å². The number of Topliss-reactive ketones (excluding diaryl/α,β-unsaturated/α-hetero) is 1. The predicted molar refractivity (Wildman–Crippen MR) is 126 cm³/mol. The van der Waals surface area contributed by atoms with Gasteiger partial charge in [0, 0.05) is 5.56 Å². The van der Waals surface area contributed by atoms with Crippen molar-refractivity contribution in [3.63, 3.8) is 0 Å². The van der Waals surface area contributed by atoms with E-state index in [0.717, 1.165) is 32.2 Å². The maximum atomic E-state index is 13.4. The summed E-state index contributed by atoms with van der Waals surface area (Å²) in [6.45, 7) is 1.35. The number of nitrogens with one attached hydrogen (secondary N) is 1. The highest BCUT2D eigenvalue weighted by Crippen LogP contribution is 2.32. The van der Waals surface area contributed by atoms with E-state index in [-0.39, 0.29) is 12.3 Å². The van der Waals surface area contributed by atoms with Gasteiger partial charge in [0.25, 0.3) is 5.91 Å². The molecule has 4 aromatic carbocycles. The second kappa shape index (κ2) is 7.74. The van der Waals surface area contributed by atoms with Gasteiger partial charge in [0.2, 0.25) is 0 Å². The van der Waals surface area contributed by atoms with E-state index in [1.54, 1.807) is 26.2 Å². The number of methoxy groups -OCH3 is 1. The predicted octanol–water partition coefficient (Wildman–Crippen LogP) is 4.65. The molecule has 164 valence electrons. The van der Waals surface area contributed by atoms with Crippen molar-refractivity contribution in [2.24, 2.45) is 0 Å². The molecule has 0 radical (unpaired) electrons. The van der Waals surface area contributed by atoms with Crippen LogP contribution >= 0.6 is 0 Å². The number of ketones is 1. The van der Waals surface area contributed by atoms with E-state index in [9.17, 15) is 14.4 Å². The van der Waals surface area contributed by atoms with Crippen LogP contribution < -0.4 is 10.1 Å². The van der Waals surface area contributed by atoms with Gasteiger partial charge in [-0.1, -0.05) is 60.7 Å². The van der Waals surface area contributed by atoms with E-state index < -0.39 is 17.5 Å². The van der Waals surface area contributed by atoms with E-state index >= 15 is 0 Å². The molecule has 1 fully saturated rings. The third-order valence-electron chi connectivity index (χ3n) is 6.29. The lowest BCUT2D eigenvalue weighted by atomic mass is 9.90. The van der Waals surface area contributed by atoms with Gasteiger partial charge in [-0.05, 0) is 52.2 Å². The van der Waals surface area contributed by atoms with E-state index in [1.165, 1.54) is 0 Å². The highest BCUT2D eigenvalue weighted by atomic mass is 16.5. The molecule has 0 aromatic heterocycles. The zero-order chi connectivity index (χ0) is 23.2. The Bertz CT molecular complexity index is 1440. The van der Waals surface area contributed by atoms with Crippen LogP contribution in [-0.2, 0) is 10.3 Å². The van der Waals surface area contributed by atoms with Gasteiger partial charge >= 0.3 is 6.03 Å². The van der Waals surface area contributed by atoms with Crippen molar-refractivity contribution in [2.75, 3.05) is 13.7 Å². The molecule has 1 aliphatic rings. The van der Waals surface area contributed by atoms with Gasteiger partial charge in [0.15, 0.2) is 5.78 Å². The van der Waals surface area contributed by atoms with Crippen molar-refractivity contribution in [3.8, 4) is 5.75 Å². The molecule has 0 spiro atoms. The average molecular weight is 438 g/mol. The number of imide groups is 1. The van der Waals surface area contributed by atoms with Crippen LogP contribution in [0.1, 0.15) is 22.8 Å². The second-order valence-electron chi connectivity index (χ2n) is 8.32. The number of hydrogen-bond acceptors (Lipinski definition) is 4. The SMILES string of the molecule is COc1ccc2cc(C3(C)NC(=O)N(CC(=O)c4cccc5ccccc45)C3=O)ccc2c1. The van der Waals surface area contributed by atoms with E-state index in [0.29, 0.717) is 11.1 Å². The highest BCUT2D eigenvalue weighted by molar-refractivity contribution is 6.14. The van der Waals surface area contributed by atoms with Gasteiger partial charge in [0.1, 0.15) is 11.3 Å². The lowest BCUT2D eigenvalue weighted by Crippen LogP contribution is -2.41. The van der Waals surface area contributed by atoms with E-state index in [1.807, 2.05) is 66.7 Å². The topological polar surface area (TPSA) is 75.7 Å². The summed E-state index contributed by atoms with van der Waals surface area (Å²) in [5.74, 6) is 0.00364. The number of nitrogens with zero attached hydrogens (tertiary/aromatic N) is 1. The first-order valence-corrected chi connectivity index (χ1v) is 10.6. The molecule has 1 saturated heterocycles. The molecule has 1 atom stereocenters. The summed E-state index contributed by atoms with van der Waals surface area (Å²) < 4.78 is 5.27. The van der Waals surface area contributed by atoms with Crippen molar-refractivity contribution in [3.05, 3.63) is 90.0 Å². The van der Waals surface area contributed by atoms with Crippen LogP contribution in [0.25, 0.3) is 21.5 Å². The van der Waals surface area contributed by atoms with Crippen molar-refractivity contribution < 1.29 is 19.1 Å². The number of benzene rings is 4. The Kier molecular flexibility index (Phi) is 4.86. The second-order valence-corrected chi connectivity index (χ2v) is 8.32. The first-order valence-electron chi connectivity index (χ1n) is 10.6. The molecular formula is C27H22N2O4. The fourth-order valence-electron chi connectivity index (χ4n) is 4.40. The molecule has 0 saturated carbocycles. The van der Waals surface area contributed by atoms with Gasteiger partial charge in [-0.3, -0.25) is 14.5 Å². The molecule has 0 aliphatic carbocycles. The van der Waals surface area contributed by atoms with Crippen LogP contribution in [0.2, 0.25) is 0 Å². The number of hydrogen-bond donors (Lipinski definition) is 1. The number of amides is 3. The summed E-state index contributed by atoms with van der Waals surface area (Å²) in [5.41, 5.74) is -0.120. The molecule has 1 unspecified atom stereocenters. The third kappa shape index (κ3) is 3.40. The average Bonchev–Trinajstić information content (AvgIpc) is 3.06. The van der Waals surface area contributed by atoms with Gasteiger partial charge in [0.05, 0.1) is 13.7 Å². The minimum atomic E-state index is -1.26. The Morgan fingerprint density at radius 2 is 1.64 bits per heavy atom. The quantitative estimate of drug-likeness (QED) is 0.364. The molecule has 6 heteroatoms. The standard InChI is InChI=1S/C27H22N2O4/c1-27(20-12-10-19-15-21(33-2)13-11-18(19)14-20)25(31)29(26(32)28-27)16-24(30)23-9-5-7-17-6-3-4-8-22(17)23/h3-15H,16H2,1-2H3,(H,28,32). The summed E-state index contributed by atoms with van der Waals surface area (Å²) in [4.78, 5) is 40.3. The minimum Gasteiger partial charge on any atom is -0.497 e. The third-order valence-corrected chi connectivity index (χ3v) is 6.29. The highest BCUT2D eigenvalue weighted by Gasteiger charge is 2.49. The Balaban J connectivity index is 1.44. The maximum Gasteiger partial charge on any atom is 0.325 e. The fraction of sp³-hybridized carbons (Fsp3) is 0.148. The number of carbonyl (C=O) groups is 3. The first-order chi connectivity index (χ1) is 15.9. The summed E-state index contributed by atoms with van der Waals surface area (Å²) in [7, 11) is 1.61. The molecule has 1 heterocycles. The Hall–Kier alpha value is -4.19. The molecule has 33 heavy (non-hydrogen) atoms. The summed E-state index contributed by atoms with van der Waals surface area (Å²) in [5, 5.41) is 6.39. The van der Waals surface area contributed by atoms with Crippen LogP contribution in [-0.4, -0.2) is 36.3 Å². The normalized spacial score (nSPS) is 18.1. The zero-order valence-corrected chi connectivity index (χ0v) is 18.3. The van der Waals surface area contributed by atoms with E-state index in [4.69, 9.17) is 4.74 Å². The van der Waals surface area contributed by atoms with Crippen molar-refractivity contribution in [1.82, 2.24) is 10.2 Å². The molecule has 1 aliphatic heterocycles. The largest absolute Gasteiger partial charge is 0.497 e. The fourth-order valence-corrected chi connectivity index (χ4v) is 4.40.